The first-order valence-electron chi connectivity index (χ1n) is 7.91. The van der Waals surface area contributed by atoms with Gasteiger partial charge in [0, 0.05) is 19.8 Å². The molecule has 0 radical (unpaired) electrons. The normalized spacial score (nSPS) is 12.5. The van der Waals surface area contributed by atoms with E-state index in [0.29, 0.717) is 0 Å². The number of esters is 1. The van der Waals surface area contributed by atoms with Gasteiger partial charge in [0.2, 0.25) is 10.0 Å². The summed E-state index contributed by atoms with van der Waals surface area (Å²) in [6.07, 6.45) is -1.17. The van der Waals surface area contributed by atoms with Crippen molar-refractivity contribution in [2.45, 2.75) is 17.9 Å². The summed E-state index contributed by atoms with van der Waals surface area (Å²) in [5.41, 5.74) is 0.213. The number of anilines is 1. The molecule has 0 aliphatic heterocycles. The van der Waals surface area contributed by atoms with Gasteiger partial charge < -0.3 is 10.1 Å². The minimum absolute atomic E-state index is 0.00899. The first-order chi connectivity index (χ1) is 12.6. The Hall–Kier alpha value is -2.78. The monoisotopic (exact) mass is 394 g/mol. The van der Waals surface area contributed by atoms with Crippen molar-refractivity contribution in [2.24, 2.45) is 0 Å². The molecule has 7 nitrogen and oxygen atoms in total. The van der Waals surface area contributed by atoms with Crippen molar-refractivity contribution in [1.29, 1.82) is 0 Å². The van der Waals surface area contributed by atoms with Crippen molar-refractivity contribution in [2.75, 3.05) is 19.4 Å². The molecule has 0 fully saturated rings. The zero-order valence-corrected chi connectivity index (χ0v) is 15.8. The molecule has 144 valence electrons. The summed E-state index contributed by atoms with van der Waals surface area (Å²) in [4.78, 5) is 24.2. The summed E-state index contributed by atoms with van der Waals surface area (Å²) in [7, 11) is -0.859. The van der Waals surface area contributed by atoms with Crippen LogP contribution in [0.25, 0.3) is 0 Å². The smallest absolute Gasteiger partial charge is 0.339 e. The molecule has 0 unspecified atom stereocenters. The number of benzene rings is 2. The van der Waals surface area contributed by atoms with Crippen LogP contribution in [-0.4, -0.2) is 44.8 Å². The van der Waals surface area contributed by atoms with E-state index in [9.17, 15) is 22.4 Å². The lowest BCUT2D eigenvalue weighted by molar-refractivity contribution is -0.123. The van der Waals surface area contributed by atoms with Gasteiger partial charge in [0.25, 0.3) is 5.91 Å². The fraction of sp³-hybridized carbons (Fsp3) is 0.222. The van der Waals surface area contributed by atoms with E-state index in [-0.39, 0.29) is 16.1 Å². The first-order valence-corrected chi connectivity index (χ1v) is 9.35. The summed E-state index contributed by atoms with van der Waals surface area (Å²) in [6, 6.07) is 10.6. The maximum atomic E-state index is 13.2. The minimum Gasteiger partial charge on any atom is -0.449 e. The molecule has 0 bridgehead atoms. The lowest BCUT2D eigenvalue weighted by Gasteiger charge is -2.15. The molecule has 1 N–H and O–H groups in total. The van der Waals surface area contributed by atoms with Gasteiger partial charge in [-0.15, -0.1) is 0 Å². The highest BCUT2D eigenvalue weighted by atomic mass is 32.2. The van der Waals surface area contributed by atoms with Crippen LogP contribution in [0.4, 0.5) is 10.1 Å². The van der Waals surface area contributed by atoms with Crippen molar-refractivity contribution in [3.63, 3.8) is 0 Å². The van der Waals surface area contributed by atoms with Crippen molar-refractivity contribution in [1.82, 2.24) is 4.31 Å². The van der Waals surface area contributed by atoms with Gasteiger partial charge in [-0.2, -0.15) is 0 Å². The number of nitrogens with zero attached hydrogens (tertiary/aromatic N) is 1. The van der Waals surface area contributed by atoms with Crippen LogP contribution in [0, 0.1) is 5.82 Å². The van der Waals surface area contributed by atoms with E-state index in [1.165, 1.54) is 63.5 Å². The first kappa shape index (κ1) is 20.5. The molecule has 27 heavy (non-hydrogen) atoms. The third kappa shape index (κ3) is 5.11. The Labute approximate surface area is 156 Å². The average Bonchev–Trinajstić information content (AvgIpc) is 2.61. The molecule has 1 atom stereocenters. The quantitative estimate of drug-likeness (QED) is 0.759. The molecule has 2 rings (SSSR count). The second-order valence-electron chi connectivity index (χ2n) is 5.86. The molecule has 0 aliphatic rings. The topological polar surface area (TPSA) is 92.8 Å². The maximum absolute atomic E-state index is 13.2. The largest absolute Gasteiger partial charge is 0.449 e. The van der Waals surface area contributed by atoms with Gasteiger partial charge in [-0.1, -0.05) is 12.1 Å². The van der Waals surface area contributed by atoms with Gasteiger partial charge in [-0.05, 0) is 43.3 Å². The van der Waals surface area contributed by atoms with Gasteiger partial charge >= 0.3 is 5.97 Å². The Kier molecular flexibility index (Phi) is 6.29. The number of ether oxygens (including phenoxy) is 1. The fourth-order valence-corrected chi connectivity index (χ4v) is 3.03. The molecule has 9 heteroatoms. The van der Waals surface area contributed by atoms with Gasteiger partial charge in [-0.3, -0.25) is 4.79 Å². The average molecular weight is 394 g/mol. The van der Waals surface area contributed by atoms with Crippen LogP contribution in [-0.2, 0) is 19.6 Å². The Balaban J connectivity index is 2.07. The molecular weight excluding hydrogens is 375 g/mol. The van der Waals surface area contributed by atoms with Gasteiger partial charge in [-0.25, -0.2) is 21.9 Å². The third-order valence-electron chi connectivity index (χ3n) is 3.59. The second-order valence-corrected chi connectivity index (χ2v) is 8.01. The van der Waals surface area contributed by atoms with Crippen LogP contribution in [0.2, 0.25) is 0 Å². The molecule has 0 heterocycles. The van der Waals surface area contributed by atoms with Gasteiger partial charge in [0.1, 0.15) is 5.82 Å². The van der Waals surface area contributed by atoms with E-state index in [4.69, 9.17) is 4.74 Å². The van der Waals surface area contributed by atoms with E-state index in [0.717, 1.165) is 10.4 Å². The van der Waals surface area contributed by atoms with E-state index in [1.807, 2.05) is 0 Å². The fourth-order valence-electron chi connectivity index (χ4n) is 2.09. The standard InChI is InChI=1S/C18H19FN2O5S/c1-12(26-18(23)13-6-4-7-14(19)10-13)17(22)20-15-8-5-9-16(11-15)27(24,25)21(2)3/h4-12H,1-3H3,(H,20,22)/t12-/m1/s1. The maximum Gasteiger partial charge on any atom is 0.339 e. The number of carbonyl (C=O) groups excluding carboxylic acids is 2. The predicted octanol–water partition coefficient (Wildman–Crippen LogP) is 2.26. The van der Waals surface area contributed by atoms with Gasteiger partial charge in [0.05, 0.1) is 10.5 Å². The Morgan fingerprint density at radius 1 is 1.11 bits per heavy atom. The summed E-state index contributed by atoms with van der Waals surface area (Å²) >= 11 is 0. The Morgan fingerprint density at radius 2 is 1.78 bits per heavy atom. The van der Waals surface area contributed by atoms with E-state index in [2.05, 4.69) is 5.32 Å². The van der Waals surface area contributed by atoms with Crippen LogP contribution in [0.3, 0.4) is 0 Å². The Bertz CT molecular complexity index is 960. The predicted molar refractivity (Wildman–Crippen MR) is 97.2 cm³/mol. The van der Waals surface area contributed by atoms with Crippen LogP contribution < -0.4 is 5.32 Å². The number of rotatable bonds is 6. The highest BCUT2D eigenvalue weighted by Gasteiger charge is 2.21. The highest BCUT2D eigenvalue weighted by molar-refractivity contribution is 7.89. The third-order valence-corrected chi connectivity index (χ3v) is 5.40. The molecule has 2 aromatic rings. The number of amides is 1. The summed E-state index contributed by atoms with van der Waals surface area (Å²) in [6.45, 7) is 1.35. The number of halogens is 1. The zero-order chi connectivity index (χ0) is 20.2. The summed E-state index contributed by atoms with van der Waals surface area (Å²) in [5.74, 6) is -2.10. The molecule has 0 aliphatic carbocycles. The summed E-state index contributed by atoms with van der Waals surface area (Å²) < 4.78 is 43.5. The van der Waals surface area contributed by atoms with E-state index in [1.54, 1.807) is 0 Å². The second kappa shape index (κ2) is 8.28. The van der Waals surface area contributed by atoms with Crippen molar-refractivity contribution in [3.8, 4) is 0 Å². The zero-order valence-electron chi connectivity index (χ0n) is 15.0. The minimum atomic E-state index is -3.65. The van der Waals surface area contributed by atoms with Crippen molar-refractivity contribution in [3.05, 3.63) is 59.9 Å². The molecule has 0 aromatic heterocycles. The highest BCUT2D eigenvalue weighted by Crippen LogP contribution is 2.18. The SMILES string of the molecule is C[C@@H](OC(=O)c1cccc(F)c1)C(=O)Nc1cccc(S(=O)(=O)N(C)C)c1. The lowest BCUT2D eigenvalue weighted by atomic mass is 10.2. The van der Waals surface area contributed by atoms with Crippen LogP contribution in [0.5, 0.6) is 0 Å². The van der Waals surface area contributed by atoms with Crippen LogP contribution in [0.15, 0.2) is 53.4 Å². The molecule has 2 aromatic carbocycles. The number of carbonyl (C=O) groups is 2. The van der Waals surface area contributed by atoms with Crippen molar-refractivity contribution >= 4 is 27.6 Å². The van der Waals surface area contributed by atoms with Crippen LogP contribution >= 0.6 is 0 Å². The summed E-state index contributed by atoms with van der Waals surface area (Å²) in [5, 5.41) is 2.49. The van der Waals surface area contributed by atoms with E-state index >= 15 is 0 Å². The number of hydrogen-bond donors (Lipinski definition) is 1. The molecule has 1 amide bonds. The van der Waals surface area contributed by atoms with E-state index < -0.39 is 33.8 Å². The molecule has 0 saturated heterocycles. The molecule has 0 saturated carbocycles. The van der Waals surface area contributed by atoms with Crippen molar-refractivity contribution < 1.29 is 27.1 Å². The van der Waals surface area contributed by atoms with Gasteiger partial charge in [0.15, 0.2) is 6.10 Å². The number of hydrogen-bond acceptors (Lipinski definition) is 5. The Morgan fingerprint density at radius 3 is 2.41 bits per heavy atom. The number of sulfonamides is 1. The molecule has 0 spiro atoms. The lowest BCUT2D eigenvalue weighted by Crippen LogP contribution is -2.30. The number of nitrogens with one attached hydrogen (secondary N) is 1. The van der Waals surface area contributed by atoms with Crippen LogP contribution in [0.1, 0.15) is 17.3 Å². The molecular formula is C18H19FN2O5S.